The average Bonchev–Trinajstić information content (AvgIpc) is 3.15. The van der Waals surface area contributed by atoms with Crippen LogP contribution in [0.5, 0.6) is 0 Å². The zero-order valence-corrected chi connectivity index (χ0v) is 12.4. The molecule has 2 saturated carbocycles. The average molecular weight is 257 g/mol. The zero-order chi connectivity index (χ0) is 13.2. The summed E-state index contributed by atoms with van der Waals surface area (Å²) in [4.78, 5) is 0. The van der Waals surface area contributed by atoms with Gasteiger partial charge in [-0.2, -0.15) is 0 Å². The van der Waals surface area contributed by atoms with Gasteiger partial charge in [-0.15, -0.1) is 0 Å². The van der Waals surface area contributed by atoms with Crippen molar-refractivity contribution in [1.29, 1.82) is 0 Å². The van der Waals surface area contributed by atoms with E-state index in [0.717, 1.165) is 24.3 Å². The van der Waals surface area contributed by atoms with Gasteiger partial charge in [0.25, 0.3) is 0 Å². The lowest BCUT2D eigenvalue weighted by Crippen LogP contribution is -2.34. The SMILES string of the molecule is CCNC(Cc1ccc(C)cc1)C1C2CCCCC21. The molecule has 104 valence electrons. The Hall–Kier alpha value is -0.820. The van der Waals surface area contributed by atoms with Crippen LogP contribution in [-0.2, 0) is 6.42 Å². The minimum Gasteiger partial charge on any atom is -0.314 e. The predicted molar refractivity (Wildman–Crippen MR) is 81.3 cm³/mol. The van der Waals surface area contributed by atoms with E-state index < -0.39 is 0 Å². The second-order valence-corrected chi connectivity index (χ2v) is 6.54. The molecule has 0 amide bonds. The van der Waals surface area contributed by atoms with Crippen LogP contribution in [0.3, 0.4) is 0 Å². The molecule has 0 aromatic heterocycles. The lowest BCUT2D eigenvalue weighted by molar-refractivity contribution is 0.437. The Morgan fingerprint density at radius 3 is 2.32 bits per heavy atom. The van der Waals surface area contributed by atoms with Gasteiger partial charge in [0.15, 0.2) is 0 Å². The van der Waals surface area contributed by atoms with Crippen LogP contribution in [0.1, 0.15) is 43.7 Å². The third kappa shape index (κ3) is 2.86. The molecule has 0 spiro atoms. The molecule has 1 N–H and O–H groups in total. The van der Waals surface area contributed by atoms with E-state index in [1.807, 2.05) is 0 Å². The summed E-state index contributed by atoms with van der Waals surface area (Å²) < 4.78 is 0. The summed E-state index contributed by atoms with van der Waals surface area (Å²) in [7, 11) is 0. The van der Waals surface area contributed by atoms with E-state index in [2.05, 4.69) is 43.4 Å². The maximum Gasteiger partial charge on any atom is 0.0141 e. The maximum atomic E-state index is 3.76. The Morgan fingerprint density at radius 1 is 1.11 bits per heavy atom. The van der Waals surface area contributed by atoms with Gasteiger partial charge in [-0.1, -0.05) is 49.6 Å². The second kappa shape index (κ2) is 5.66. The van der Waals surface area contributed by atoms with Crippen molar-refractivity contribution in [2.24, 2.45) is 17.8 Å². The molecular formula is C18H27N. The first kappa shape index (κ1) is 13.2. The van der Waals surface area contributed by atoms with E-state index in [-0.39, 0.29) is 0 Å². The summed E-state index contributed by atoms with van der Waals surface area (Å²) in [6.07, 6.45) is 7.14. The molecule has 2 aliphatic rings. The molecule has 3 unspecified atom stereocenters. The number of hydrogen-bond donors (Lipinski definition) is 1. The molecule has 0 bridgehead atoms. The minimum absolute atomic E-state index is 0.709. The number of hydrogen-bond acceptors (Lipinski definition) is 1. The van der Waals surface area contributed by atoms with Crippen molar-refractivity contribution in [3.05, 3.63) is 35.4 Å². The Bertz CT molecular complexity index is 396. The number of likely N-dealkylation sites (N-methyl/N-ethyl adjacent to an activating group) is 1. The van der Waals surface area contributed by atoms with E-state index in [0.29, 0.717) is 6.04 Å². The van der Waals surface area contributed by atoms with Crippen molar-refractivity contribution < 1.29 is 0 Å². The van der Waals surface area contributed by atoms with Crippen molar-refractivity contribution >= 4 is 0 Å². The van der Waals surface area contributed by atoms with Crippen molar-refractivity contribution in [2.75, 3.05) is 6.54 Å². The van der Waals surface area contributed by atoms with Crippen LogP contribution in [0.25, 0.3) is 0 Å². The lowest BCUT2D eigenvalue weighted by atomic mass is 9.99. The van der Waals surface area contributed by atoms with Crippen molar-refractivity contribution in [3.8, 4) is 0 Å². The largest absolute Gasteiger partial charge is 0.314 e. The summed E-state index contributed by atoms with van der Waals surface area (Å²) in [6, 6.07) is 9.83. The number of fused-ring (bicyclic) bond motifs is 1. The van der Waals surface area contributed by atoms with Crippen molar-refractivity contribution in [3.63, 3.8) is 0 Å². The van der Waals surface area contributed by atoms with Gasteiger partial charge in [0.05, 0.1) is 0 Å². The van der Waals surface area contributed by atoms with Gasteiger partial charge in [0.2, 0.25) is 0 Å². The molecule has 1 aromatic rings. The Kier molecular flexibility index (Phi) is 3.93. The van der Waals surface area contributed by atoms with Gasteiger partial charge >= 0.3 is 0 Å². The fourth-order valence-electron chi connectivity index (χ4n) is 4.23. The monoisotopic (exact) mass is 257 g/mol. The molecule has 19 heavy (non-hydrogen) atoms. The number of rotatable bonds is 5. The molecule has 0 radical (unpaired) electrons. The fourth-order valence-corrected chi connectivity index (χ4v) is 4.23. The van der Waals surface area contributed by atoms with Gasteiger partial charge in [-0.25, -0.2) is 0 Å². The Balaban J connectivity index is 1.66. The van der Waals surface area contributed by atoms with E-state index in [1.165, 1.54) is 43.2 Å². The van der Waals surface area contributed by atoms with Crippen LogP contribution >= 0.6 is 0 Å². The van der Waals surface area contributed by atoms with Crippen molar-refractivity contribution in [1.82, 2.24) is 5.32 Å². The maximum absolute atomic E-state index is 3.76. The summed E-state index contributed by atoms with van der Waals surface area (Å²) in [5, 5.41) is 3.76. The molecule has 0 saturated heterocycles. The molecule has 1 nitrogen and oxygen atoms in total. The molecule has 2 fully saturated rings. The van der Waals surface area contributed by atoms with Gasteiger partial charge in [0, 0.05) is 6.04 Å². The Morgan fingerprint density at radius 2 is 1.74 bits per heavy atom. The summed E-state index contributed by atoms with van der Waals surface area (Å²) in [5.41, 5.74) is 2.86. The van der Waals surface area contributed by atoms with E-state index >= 15 is 0 Å². The molecule has 0 aliphatic heterocycles. The van der Waals surface area contributed by atoms with Crippen LogP contribution in [0, 0.1) is 24.7 Å². The molecular weight excluding hydrogens is 230 g/mol. The van der Waals surface area contributed by atoms with Crippen LogP contribution in [0.15, 0.2) is 24.3 Å². The van der Waals surface area contributed by atoms with Crippen LogP contribution in [-0.4, -0.2) is 12.6 Å². The molecule has 1 heteroatoms. The van der Waals surface area contributed by atoms with Crippen LogP contribution < -0.4 is 5.32 Å². The van der Waals surface area contributed by atoms with E-state index in [9.17, 15) is 0 Å². The van der Waals surface area contributed by atoms with Crippen LogP contribution in [0.2, 0.25) is 0 Å². The fraction of sp³-hybridized carbons (Fsp3) is 0.667. The third-order valence-electron chi connectivity index (χ3n) is 5.23. The normalized spacial score (nSPS) is 30.7. The molecule has 0 heterocycles. The number of aryl methyl sites for hydroxylation is 1. The summed E-state index contributed by atoms with van der Waals surface area (Å²) in [6.45, 7) is 5.52. The van der Waals surface area contributed by atoms with Gasteiger partial charge in [-0.3, -0.25) is 0 Å². The Labute approximate surface area is 117 Å². The van der Waals surface area contributed by atoms with Gasteiger partial charge in [-0.05, 0) is 56.0 Å². The highest BCUT2D eigenvalue weighted by Crippen LogP contribution is 2.57. The quantitative estimate of drug-likeness (QED) is 0.842. The number of benzene rings is 1. The van der Waals surface area contributed by atoms with Crippen LogP contribution in [0.4, 0.5) is 0 Å². The standard InChI is InChI=1S/C18H27N/c1-3-19-17(12-14-10-8-13(2)9-11-14)18-15-6-4-5-7-16(15)18/h8-11,15-19H,3-7,12H2,1-2H3. The topological polar surface area (TPSA) is 12.0 Å². The molecule has 3 rings (SSSR count). The summed E-state index contributed by atoms with van der Waals surface area (Å²) >= 11 is 0. The number of nitrogens with one attached hydrogen (secondary N) is 1. The molecule has 3 atom stereocenters. The summed E-state index contributed by atoms with van der Waals surface area (Å²) in [5.74, 6) is 3.05. The minimum atomic E-state index is 0.709. The third-order valence-corrected chi connectivity index (χ3v) is 5.23. The first-order chi connectivity index (χ1) is 9.29. The first-order valence-corrected chi connectivity index (χ1v) is 8.08. The molecule has 2 aliphatic carbocycles. The molecule has 1 aromatic carbocycles. The second-order valence-electron chi connectivity index (χ2n) is 6.54. The first-order valence-electron chi connectivity index (χ1n) is 8.08. The van der Waals surface area contributed by atoms with Crippen molar-refractivity contribution in [2.45, 2.75) is 52.0 Å². The highest BCUT2D eigenvalue weighted by molar-refractivity contribution is 5.23. The van der Waals surface area contributed by atoms with E-state index in [4.69, 9.17) is 0 Å². The highest BCUT2D eigenvalue weighted by atomic mass is 14.9. The zero-order valence-electron chi connectivity index (χ0n) is 12.4. The highest BCUT2D eigenvalue weighted by Gasteiger charge is 2.53. The predicted octanol–water partition coefficient (Wildman–Crippen LogP) is 3.95. The van der Waals surface area contributed by atoms with Gasteiger partial charge < -0.3 is 5.32 Å². The lowest BCUT2D eigenvalue weighted by Gasteiger charge is -2.18. The smallest absolute Gasteiger partial charge is 0.0141 e. The van der Waals surface area contributed by atoms with Gasteiger partial charge in [0.1, 0.15) is 0 Å². The van der Waals surface area contributed by atoms with E-state index in [1.54, 1.807) is 0 Å².